The molecule has 0 heterocycles. The van der Waals surface area contributed by atoms with Gasteiger partial charge in [0.05, 0.1) is 0 Å². The van der Waals surface area contributed by atoms with E-state index in [0.29, 0.717) is 6.42 Å². The summed E-state index contributed by atoms with van der Waals surface area (Å²) in [5.41, 5.74) is 8.96. The van der Waals surface area contributed by atoms with Gasteiger partial charge >= 0.3 is 6.03 Å². The van der Waals surface area contributed by atoms with Gasteiger partial charge in [0.2, 0.25) is 0 Å². The van der Waals surface area contributed by atoms with E-state index in [9.17, 15) is 9.90 Å². The van der Waals surface area contributed by atoms with Crippen LogP contribution >= 0.6 is 0 Å². The molecule has 0 bridgehead atoms. The molecular formula is C25H37N3O2. The number of benzene rings is 2. The molecule has 1 unspecified atom stereocenters. The van der Waals surface area contributed by atoms with Crippen LogP contribution < -0.4 is 11.1 Å². The molecule has 0 aliphatic heterocycles. The maximum Gasteiger partial charge on any atom is 0.312 e. The molecular weight excluding hydrogens is 374 g/mol. The second-order valence-corrected chi connectivity index (χ2v) is 9.25. The van der Waals surface area contributed by atoms with Gasteiger partial charge in [-0.2, -0.15) is 0 Å². The highest BCUT2D eigenvalue weighted by Crippen LogP contribution is 2.30. The summed E-state index contributed by atoms with van der Waals surface area (Å²) in [5, 5.41) is 13.0. The molecule has 30 heavy (non-hydrogen) atoms. The Kier molecular flexibility index (Phi) is 8.88. The monoisotopic (exact) mass is 411 g/mol. The van der Waals surface area contributed by atoms with Gasteiger partial charge in [-0.1, -0.05) is 68.4 Å². The van der Waals surface area contributed by atoms with Gasteiger partial charge in [0.1, 0.15) is 0 Å². The number of nitrogens with one attached hydrogen (secondary N) is 1. The first-order valence-corrected chi connectivity index (χ1v) is 10.7. The lowest BCUT2D eigenvalue weighted by Crippen LogP contribution is -2.47. The van der Waals surface area contributed by atoms with E-state index in [1.807, 2.05) is 18.2 Å². The lowest BCUT2D eigenvalue weighted by molar-refractivity contribution is 0.148. The molecule has 2 rings (SSSR count). The average Bonchev–Trinajstić information content (AvgIpc) is 2.71. The number of aliphatic hydroxyl groups is 1. The first kappa shape index (κ1) is 23.9. The second kappa shape index (κ2) is 11.1. The number of aliphatic hydroxyl groups excluding tert-OH is 1. The molecule has 0 saturated heterocycles. The highest BCUT2D eigenvalue weighted by atomic mass is 16.3. The van der Waals surface area contributed by atoms with Crippen LogP contribution in [0, 0.1) is 11.3 Å². The summed E-state index contributed by atoms with van der Waals surface area (Å²) >= 11 is 0. The molecule has 0 aliphatic carbocycles. The highest BCUT2D eigenvalue weighted by molar-refractivity contribution is 5.72. The topological polar surface area (TPSA) is 78.6 Å². The number of hydrogen-bond acceptors (Lipinski definition) is 3. The molecule has 164 valence electrons. The first-order chi connectivity index (χ1) is 14.2. The third-order valence-corrected chi connectivity index (χ3v) is 5.70. The minimum Gasteiger partial charge on any atom is -0.396 e. The maximum absolute atomic E-state index is 11.7. The van der Waals surface area contributed by atoms with Crippen molar-refractivity contribution in [2.45, 2.75) is 39.2 Å². The van der Waals surface area contributed by atoms with Crippen molar-refractivity contribution in [1.82, 2.24) is 10.2 Å². The molecule has 2 aromatic carbocycles. The van der Waals surface area contributed by atoms with Crippen LogP contribution in [0.25, 0.3) is 11.1 Å². The van der Waals surface area contributed by atoms with Crippen LogP contribution in [0.4, 0.5) is 4.79 Å². The Labute approximate surface area is 181 Å². The summed E-state index contributed by atoms with van der Waals surface area (Å²) < 4.78 is 0. The van der Waals surface area contributed by atoms with Crippen LogP contribution in [0.2, 0.25) is 0 Å². The maximum atomic E-state index is 11.7. The molecule has 0 fully saturated rings. The number of nitrogens with zero attached hydrogens (tertiary/aromatic N) is 1. The van der Waals surface area contributed by atoms with Crippen molar-refractivity contribution in [3.8, 4) is 11.1 Å². The van der Waals surface area contributed by atoms with Crippen molar-refractivity contribution in [3.63, 3.8) is 0 Å². The summed E-state index contributed by atoms with van der Waals surface area (Å²) in [6.07, 6.45) is 2.44. The van der Waals surface area contributed by atoms with Crippen LogP contribution in [0.3, 0.4) is 0 Å². The summed E-state index contributed by atoms with van der Waals surface area (Å²) in [7, 11) is 4.12. The third kappa shape index (κ3) is 7.81. The SMILES string of the molecule is CN(C)CCC(C)(C)CC(NC(N)=O)[C@@H](CO)Cc1ccc(-c2ccccc2)cc1. The predicted octanol–water partition coefficient (Wildman–Crippen LogP) is 3.91. The van der Waals surface area contributed by atoms with Crippen molar-refractivity contribution in [3.05, 3.63) is 60.2 Å². The largest absolute Gasteiger partial charge is 0.396 e. The Balaban J connectivity index is 2.11. The van der Waals surface area contributed by atoms with Crippen molar-refractivity contribution in [2.24, 2.45) is 17.1 Å². The van der Waals surface area contributed by atoms with E-state index in [4.69, 9.17) is 5.73 Å². The number of amides is 2. The fourth-order valence-corrected chi connectivity index (χ4v) is 3.84. The number of nitrogens with two attached hydrogens (primary N) is 1. The first-order valence-electron chi connectivity index (χ1n) is 10.7. The molecule has 0 saturated carbocycles. The number of rotatable bonds is 11. The summed E-state index contributed by atoms with van der Waals surface area (Å²) in [5.74, 6) is -0.0984. The van der Waals surface area contributed by atoms with Gasteiger partial charge in [-0.3, -0.25) is 0 Å². The zero-order chi connectivity index (χ0) is 22.1. The molecule has 5 heteroatoms. The van der Waals surface area contributed by atoms with E-state index in [0.717, 1.165) is 30.5 Å². The Morgan fingerprint density at radius 2 is 1.67 bits per heavy atom. The van der Waals surface area contributed by atoms with Crippen LogP contribution in [-0.4, -0.2) is 49.3 Å². The fourth-order valence-electron chi connectivity index (χ4n) is 3.84. The average molecular weight is 412 g/mol. The summed E-state index contributed by atoms with van der Waals surface area (Å²) in [6.45, 7) is 5.38. The number of hydrogen-bond donors (Lipinski definition) is 3. The molecule has 0 radical (unpaired) electrons. The zero-order valence-corrected chi connectivity index (χ0v) is 18.8. The van der Waals surface area contributed by atoms with Gasteiger partial charge in [-0.15, -0.1) is 0 Å². The smallest absolute Gasteiger partial charge is 0.312 e. The molecule has 0 spiro atoms. The molecule has 5 nitrogen and oxygen atoms in total. The fraction of sp³-hybridized carbons (Fsp3) is 0.480. The van der Waals surface area contributed by atoms with Gasteiger partial charge in [0, 0.05) is 18.6 Å². The van der Waals surface area contributed by atoms with E-state index in [1.165, 1.54) is 5.56 Å². The van der Waals surface area contributed by atoms with Crippen LogP contribution in [0.15, 0.2) is 54.6 Å². The lowest BCUT2D eigenvalue weighted by Gasteiger charge is -2.34. The summed E-state index contributed by atoms with van der Waals surface area (Å²) in [6, 6.07) is 17.9. The van der Waals surface area contributed by atoms with Gasteiger partial charge in [0.15, 0.2) is 0 Å². The number of carbonyl (C=O) groups excluding carboxylic acids is 1. The van der Waals surface area contributed by atoms with E-state index >= 15 is 0 Å². The normalized spacial score (nSPS) is 13.8. The minimum atomic E-state index is -0.540. The van der Waals surface area contributed by atoms with Crippen molar-refractivity contribution >= 4 is 6.03 Å². The van der Waals surface area contributed by atoms with E-state index in [2.05, 4.69) is 74.6 Å². The highest BCUT2D eigenvalue weighted by Gasteiger charge is 2.29. The standard InChI is InChI=1S/C25H37N3O2/c1-25(2,14-15-28(3)4)17-23(27-24(26)30)22(18-29)16-19-10-12-21(13-11-19)20-8-6-5-7-9-20/h5-13,22-23,29H,14-18H2,1-4H3,(H3,26,27,30)/t22-,23?/m1/s1. The number of carbonyl (C=O) groups is 1. The summed E-state index contributed by atoms with van der Waals surface area (Å²) in [4.78, 5) is 13.8. The van der Waals surface area contributed by atoms with Gasteiger partial charge < -0.3 is 21.1 Å². The third-order valence-electron chi connectivity index (χ3n) is 5.70. The Hall–Kier alpha value is -2.37. The molecule has 4 N–H and O–H groups in total. The van der Waals surface area contributed by atoms with Crippen molar-refractivity contribution in [1.29, 1.82) is 0 Å². The molecule has 2 atom stereocenters. The van der Waals surface area contributed by atoms with E-state index in [-0.39, 0.29) is 24.0 Å². The molecule has 2 amide bonds. The van der Waals surface area contributed by atoms with Crippen LogP contribution in [0.5, 0.6) is 0 Å². The Morgan fingerprint density at radius 1 is 1.07 bits per heavy atom. The molecule has 0 aliphatic rings. The minimum absolute atomic E-state index is 0.00482. The Morgan fingerprint density at radius 3 is 2.20 bits per heavy atom. The number of urea groups is 1. The molecule has 0 aromatic heterocycles. The van der Waals surface area contributed by atoms with Gasteiger partial charge in [0.25, 0.3) is 0 Å². The quantitative estimate of drug-likeness (QED) is 0.525. The Bertz CT molecular complexity index is 773. The van der Waals surface area contributed by atoms with E-state index < -0.39 is 6.03 Å². The van der Waals surface area contributed by atoms with Crippen molar-refractivity contribution < 1.29 is 9.90 Å². The lowest BCUT2D eigenvalue weighted by atomic mass is 9.77. The number of primary amides is 1. The van der Waals surface area contributed by atoms with Crippen LogP contribution in [0.1, 0.15) is 32.3 Å². The van der Waals surface area contributed by atoms with Gasteiger partial charge in [-0.05, 0) is 62.0 Å². The van der Waals surface area contributed by atoms with Crippen molar-refractivity contribution in [2.75, 3.05) is 27.2 Å². The van der Waals surface area contributed by atoms with Crippen LogP contribution in [-0.2, 0) is 6.42 Å². The predicted molar refractivity (Wildman–Crippen MR) is 124 cm³/mol. The van der Waals surface area contributed by atoms with E-state index in [1.54, 1.807) is 0 Å². The van der Waals surface area contributed by atoms with Gasteiger partial charge in [-0.25, -0.2) is 4.79 Å². The zero-order valence-electron chi connectivity index (χ0n) is 18.8. The second-order valence-electron chi connectivity index (χ2n) is 9.25. The molecule has 2 aromatic rings.